The summed E-state index contributed by atoms with van der Waals surface area (Å²) in [5.74, 6) is 0. The Morgan fingerprint density at radius 3 is 1.78 bits per heavy atom. The summed E-state index contributed by atoms with van der Waals surface area (Å²) in [6, 6.07) is 0.927. The predicted octanol–water partition coefficient (Wildman–Crippen LogP) is 2.35. The molecule has 0 aromatic heterocycles. The Bertz CT molecular complexity index is 342. The second-order valence-electron chi connectivity index (χ2n) is 6.36. The highest BCUT2D eigenvalue weighted by Crippen LogP contribution is 2.18. The number of ether oxygens (including phenoxy) is 2. The summed E-state index contributed by atoms with van der Waals surface area (Å²) in [4.78, 5) is 0. The zero-order chi connectivity index (χ0) is 16.3. The summed E-state index contributed by atoms with van der Waals surface area (Å²) in [6.45, 7) is 3.68. The first-order chi connectivity index (χ1) is 11.3. The molecule has 2 fully saturated rings. The molecule has 23 heavy (non-hydrogen) atoms. The standard InChI is InChI=1S/C17H32N4O2/c1-22-14-16-8-6-12-20(16)18-10-4-3-5-11-19-21-13-7-9-17(21)15-23-2/h10-11,16-17H,3-9,12-15H2,1-2H3/b18-10+,19-11+/t16-,17-/m0/s1. The molecule has 6 nitrogen and oxygen atoms in total. The summed E-state index contributed by atoms with van der Waals surface area (Å²) in [6.07, 6.45) is 12.0. The number of unbranched alkanes of at least 4 members (excludes halogenated alkanes) is 2. The van der Waals surface area contributed by atoms with E-state index in [2.05, 4.69) is 20.2 Å². The van der Waals surface area contributed by atoms with Gasteiger partial charge in [0.25, 0.3) is 0 Å². The molecule has 0 aromatic rings. The lowest BCUT2D eigenvalue weighted by molar-refractivity contribution is 0.118. The van der Waals surface area contributed by atoms with Gasteiger partial charge in [0.05, 0.1) is 25.3 Å². The van der Waals surface area contributed by atoms with Crippen LogP contribution in [-0.4, -0.2) is 75.1 Å². The number of hydrogen-bond acceptors (Lipinski definition) is 6. The SMILES string of the molecule is COC[C@@H]1CCCN1/N=C/CCC/C=N/N1CCC[C@H]1COC. The second-order valence-corrected chi connectivity index (χ2v) is 6.36. The molecule has 2 aliphatic heterocycles. The zero-order valence-corrected chi connectivity index (χ0v) is 14.7. The van der Waals surface area contributed by atoms with Gasteiger partial charge in [0.1, 0.15) is 0 Å². The van der Waals surface area contributed by atoms with Crippen molar-refractivity contribution >= 4 is 12.4 Å². The maximum absolute atomic E-state index is 5.24. The Balaban J connectivity index is 1.58. The van der Waals surface area contributed by atoms with Crippen LogP contribution in [0.15, 0.2) is 10.2 Å². The van der Waals surface area contributed by atoms with E-state index in [1.165, 1.54) is 25.7 Å². The molecule has 6 heteroatoms. The van der Waals surface area contributed by atoms with E-state index in [1.54, 1.807) is 14.2 Å². The van der Waals surface area contributed by atoms with Crippen molar-refractivity contribution in [1.29, 1.82) is 0 Å². The molecule has 0 N–H and O–H groups in total. The summed E-state index contributed by atoms with van der Waals surface area (Å²) < 4.78 is 10.5. The van der Waals surface area contributed by atoms with Crippen molar-refractivity contribution in [3.63, 3.8) is 0 Å². The van der Waals surface area contributed by atoms with Crippen molar-refractivity contribution in [2.24, 2.45) is 10.2 Å². The van der Waals surface area contributed by atoms with Gasteiger partial charge in [0.2, 0.25) is 0 Å². The third-order valence-electron chi connectivity index (χ3n) is 4.54. The van der Waals surface area contributed by atoms with Crippen LogP contribution in [-0.2, 0) is 9.47 Å². The normalized spacial score (nSPS) is 25.5. The van der Waals surface area contributed by atoms with E-state index in [0.29, 0.717) is 12.1 Å². The number of hydrazone groups is 2. The molecule has 2 atom stereocenters. The molecule has 0 aliphatic carbocycles. The Kier molecular flexibility index (Phi) is 8.39. The molecule has 132 valence electrons. The first kappa shape index (κ1) is 18.2. The molecule has 2 rings (SSSR count). The smallest absolute Gasteiger partial charge is 0.0704 e. The Morgan fingerprint density at radius 1 is 0.870 bits per heavy atom. The van der Waals surface area contributed by atoms with Crippen molar-refractivity contribution in [2.75, 3.05) is 40.5 Å². The van der Waals surface area contributed by atoms with Gasteiger partial charge in [-0.3, -0.25) is 10.0 Å². The van der Waals surface area contributed by atoms with Gasteiger partial charge < -0.3 is 9.47 Å². The van der Waals surface area contributed by atoms with Gasteiger partial charge in [-0.15, -0.1) is 0 Å². The lowest BCUT2D eigenvalue weighted by Crippen LogP contribution is -2.28. The average Bonchev–Trinajstić information content (AvgIpc) is 3.17. The topological polar surface area (TPSA) is 49.7 Å². The van der Waals surface area contributed by atoms with E-state index in [4.69, 9.17) is 9.47 Å². The molecular formula is C17H32N4O2. The fourth-order valence-corrected chi connectivity index (χ4v) is 3.29. The second kappa shape index (κ2) is 10.6. The van der Waals surface area contributed by atoms with Crippen LogP contribution in [0.2, 0.25) is 0 Å². The summed E-state index contributed by atoms with van der Waals surface area (Å²) in [5.41, 5.74) is 0. The Labute approximate surface area is 140 Å². The zero-order valence-electron chi connectivity index (χ0n) is 14.7. The van der Waals surface area contributed by atoms with Gasteiger partial charge in [0, 0.05) is 39.7 Å². The van der Waals surface area contributed by atoms with Crippen molar-refractivity contribution in [1.82, 2.24) is 10.0 Å². The third kappa shape index (κ3) is 6.11. The van der Waals surface area contributed by atoms with E-state index in [-0.39, 0.29) is 0 Å². The first-order valence-electron chi connectivity index (χ1n) is 8.91. The quantitative estimate of drug-likeness (QED) is 0.457. The molecular weight excluding hydrogens is 292 g/mol. The van der Waals surface area contributed by atoms with E-state index in [0.717, 1.165) is 45.6 Å². The highest BCUT2D eigenvalue weighted by Gasteiger charge is 2.23. The minimum atomic E-state index is 0.464. The van der Waals surface area contributed by atoms with Crippen LogP contribution in [0.5, 0.6) is 0 Å². The summed E-state index contributed by atoms with van der Waals surface area (Å²) >= 11 is 0. The molecule has 2 saturated heterocycles. The molecule has 0 amide bonds. The maximum atomic E-state index is 5.24. The monoisotopic (exact) mass is 324 g/mol. The van der Waals surface area contributed by atoms with E-state index >= 15 is 0 Å². The summed E-state index contributed by atoms with van der Waals surface area (Å²) in [5, 5.41) is 13.5. The fraction of sp³-hybridized carbons (Fsp3) is 0.882. The van der Waals surface area contributed by atoms with Crippen molar-refractivity contribution in [2.45, 2.75) is 57.0 Å². The molecule has 0 aromatic carbocycles. The molecule has 0 unspecified atom stereocenters. The number of hydrogen-bond donors (Lipinski definition) is 0. The highest BCUT2D eigenvalue weighted by atomic mass is 16.5. The Hall–Kier alpha value is -1.14. The highest BCUT2D eigenvalue weighted by molar-refractivity contribution is 5.60. The van der Waals surface area contributed by atoms with Crippen molar-refractivity contribution < 1.29 is 9.47 Å². The van der Waals surface area contributed by atoms with Crippen LogP contribution in [0, 0.1) is 0 Å². The Morgan fingerprint density at radius 2 is 1.35 bits per heavy atom. The number of nitrogens with zero attached hydrogens (tertiary/aromatic N) is 4. The molecule has 2 aliphatic rings. The molecule has 0 radical (unpaired) electrons. The van der Waals surface area contributed by atoms with Crippen LogP contribution >= 0.6 is 0 Å². The predicted molar refractivity (Wildman–Crippen MR) is 94.0 cm³/mol. The molecule has 2 heterocycles. The molecule has 0 bridgehead atoms. The third-order valence-corrected chi connectivity index (χ3v) is 4.54. The van der Waals surface area contributed by atoms with Gasteiger partial charge in [-0.1, -0.05) is 0 Å². The molecule has 0 spiro atoms. The van der Waals surface area contributed by atoms with Gasteiger partial charge in [-0.05, 0) is 44.9 Å². The van der Waals surface area contributed by atoms with Crippen LogP contribution < -0.4 is 0 Å². The molecule has 0 saturated carbocycles. The number of methoxy groups -OCH3 is 2. The van der Waals surface area contributed by atoms with E-state index in [1.807, 2.05) is 12.4 Å². The van der Waals surface area contributed by atoms with E-state index < -0.39 is 0 Å². The van der Waals surface area contributed by atoms with Gasteiger partial charge in [-0.25, -0.2) is 0 Å². The summed E-state index contributed by atoms with van der Waals surface area (Å²) in [7, 11) is 3.52. The minimum absolute atomic E-state index is 0.464. The maximum Gasteiger partial charge on any atom is 0.0704 e. The minimum Gasteiger partial charge on any atom is -0.382 e. The van der Waals surface area contributed by atoms with Gasteiger partial charge in [0.15, 0.2) is 0 Å². The lowest BCUT2D eigenvalue weighted by atomic mass is 10.2. The van der Waals surface area contributed by atoms with E-state index in [9.17, 15) is 0 Å². The van der Waals surface area contributed by atoms with Crippen LogP contribution in [0.4, 0.5) is 0 Å². The average molecular weight is 324 g/mol. The first-order valence-corrected chi connectivity index (χ1v) is 8.91. The van der Waals surface area contributed by atoms with Crippen LogP contribution in [0.1, 0.15) is 44.9 Å². The van der Waals surface area contributed by atoms with Crippen LogP contribution in [0.25, 0.3) is 0 Å². The van der Waals surface area contributed by atoms with Gasteiger partial charge >= 0.3 is 0 Å². The number of rotatable bonds is 10. The largest absolute Gasteiger partial charge is 0.382 e. The van der Waals surface area contributed by atoms with Crippen molar-refractivity contribution in [3.8, 4) is 0 Å². The fourth-order valence-electron chi connectivity index (χ4n) is 3.29. The van der Waals surface area contributed by atoms with Crippen molar-refractivity contribution in [3.05, 3.63) is 0 Å². The van der Waals surface area contributed by atoms with Crippen LogP contribution in [0.3, 0.4) is 0 Å². The lowest BCUT2D eigenvalue weighted by Gasteiger charge is -2.20. The van der Waals surface area contributed by atoms with Gasteiger partial charge in [-0.2, -0.15) is 10.2 Å².